The van der Waals surface area contributed by atoms with Crippen LogP contribution in [0.25, 0.3) is 0 Å². The van der Waals surface area contributed by atoms with Gasteiger partial charge in [0.1, 0.15) is 0 Å². The van der Waals surface area contributed by atoms with E-state index in [9.17, 15) is 5.11 Å². The van der Waals surface area contributed by atoms with Crippen LogP contribution in [-0.2, 0) is 13.2 Å². The van der Waals surface area contributed by atoms with Crippen molar-refractivity contribution < 1.29 is 5.11 Å². The van der Waals surface area contributed by atoms with Gasteiger partial charge < -0.3 is 5.11 Å². The molecule has 3 aromatic rings. The van der Waals surface area contributed by atoms with Gasteiger partial charge >= 0.3 is 0 Å². The summed E-state index contributed by atoms with van der Waals surface area (Å²) in [5.74, 6) is 0. The lowest BCUT2D eigenvalue weighted by atomic mass is 10.1. The number of hydrogen-bond acceptors (Lipinski definition) is 5. The average molecular weight is 306 g/mol. The van der Waals surface area contributed by atoms with Crippen molar-refractivity contribution in [2.24, 2.45) is 0 Å². The van der Waals surface area contributed by atoms with Crippen molar-refractivity contribution in [2.75, 3.05) is 0 Å². The van der Waals surface area contributed by atoms with Crippen molar-refractivity contribution in [3.63, 3.8) is 0 Å². The molecule has 0 saturated heterocycles. The van der Waals surface area contributed by atoms with Crippen LogP contribution in [0.2, 0.25) is 0 Å². The summed E-state index contributed by atoms with van der Waals surface area (Å²) in [7, 11) is 0. The third kappa shape index (κ3) is 3.97. The third-order valence-corrected chi connectivity index (χ3v) is 3.52. The molecule has 23 heavy (non-hydrogen) atoms. The van der Waals surface area contributed by atoms with E-state index < -0.39 is 0 Å². The highest BCUT2D eigenvalue weighted by Crippen LogP contribution is 2.18. The minimum atomic E-state index is -0.114. The highest BCUT2D eigenvalue weighted by Gasteiger charge is 2.16. The summed E-state index contributed by atoms with van der Waals surface area (Å²) in [6, 6.07) is 15.2. The number of aliphatic hydroxyl groups excluding tert-OH is 1. The molecule has 0 spiro atoms. The summed E-state index contributed by atoms with van der Waals surface area (Å²) in [4.78, 5) is 13.2. The van der Waals surface area contributed by atoms with Crippen molar-refractivity contribution in [2.45, 2.75) is 19.2 Å². The van der Waals surface area contributed by atoms with E-state index in [0.717, 1.165) is 22.6 Å². The molecule has 5 nitrogen and oxygen atoms in total. The van der Waals surface area contributed by atoms with Gasteiger partial charge in [-0.15, -0.1) is 0 Å². The molecule has 0 radical (unpaired) electrons. The maximum absolute atomic E-state index is 9.23. The van der Waals surface area contributed by atoms with Gasteiger partial charge in [-0.2, -0.15) is 0 Å². The number of hydrogen-bond donors (Lipinski definition) is 2. The van der Waals surface area contributed by atoms with Gasteiger partial charge in [-0.1, -0.05) is 12.1 Å². The summed E-state index contributed by atoms with van der Waals surface area (Å²) in [6.45, 7) is 0.574. The van der Waals surface area contributed by atoms with E-state index in [0.29, 0.717) is 6.54 Å². The van der Waals surface area contributed by atoms with Crippen LogP contribution in [0.15, 0.2) is 67.1 Å². The van der Waals surface area contributed by atoms with Crippen LogP contribution in [0.1, 0.15) is 28.7 Å². The Labute approximate surface area is 135 Å². The molecule has 116 valence electrons. The van der Waals surface area contributed by atoms with Crippen LogP contribution in [0.5, 0.6) is 0 Å². The summed E-state index contributed by atoms with van der Waals surface area (Å²) < 4.78 is 0. The van der Waals surface area contributed by atoms with E-state index in [-0.39, 0.29) is 12.6 Å². The largest absolute Gasteiger partial charge is 0.392 e. The minimum absolute atomic E-state index is 0.0133. The standard InChI is InChI=1S/C18H18N4O/c23-13-14-7-10-19-15(11-14)12-22-18(16-5-1-3-8-20-16)17-6-2-4-9-21-17/h1-11,18,22-23H,12-13H2. The van der Waals surface area contributed by atoms with Gasteiger partial charge in [-0.3, -0.25) is 20.3 Å². The molecule has 0 amide bonds. The van der Waals surface area contributed by atoms with Crippen LogP contribution in [0, 0.1) is 0 Å². The zero-order valence-corrected chi connectivity index (χ0v) is 12.6. The molecule has 0 aliphatic heterocycles. The van der Waals surface area contributed by atoms with E-state index >= 15 is 0 Å². The van der Waals surface area contributed by atoms with Gasteiger partial charge in [0.15, 0.2) is 0 Å². The second-order valence-electron chi connectivity index (χ2n) is 5.14. The Bertz CT molecular complexity index is 695. The van der Waals surface area contributed by atoms with E-state index in [1.807, 2.05) is 42.5 Å². The van der Waals surface area contributed by atoms with E-state index in [1.165, 1.54) is 0 Å². The Hall–Kier alpha value is -2.63. The molecular formula is C18H18N4O. The van der Waals surface area contributed by atoms with Gasteiger partial charge in [0.2, 0.25) is 0 Å². The molecule has 0 atom stereocenters. The van der Waals surface area contributed by atoms with Crippen LogP contribution in [-0.4, -0.2) is 20.1 Å². The van der Waals surface area contributed by atoms with Crippen LogP contribution < -0.4 is 5.32 Å². The van der Waals surface area contributed by atoms with E-state index in [1.54, 1.807) is 24.7 Å². The number of aromatic nitrogens is 3. The first kappa shape index (κ1) is 15.3. The Morgan fingerprint density at radius 3 is 2.13 bits per heavy atom. The summed E-state index contributed by atoms with van der Waals surface area (Å²) >= 11 is 0. The molecule has 3 aromatic heterocycles. The van der Waals surface area contributed by atoms with Crippen molar-refractivity contribution in [1.82, 2.24) is 20.3 Å². The van der Waals surface area contributed by atoms with Gasteiger partial charge in [0.25, 0.3) is 0 Å². The van der Waals surface area contributed by atoms with Gasteiger partial charge in [0.05, 0.1) is 29.7 Å². The van der Waals surface area contributed by atoms with Crippen molar-refractivity contribution in [3.8, 4) is 0 Å². The fourth-order valence-electron chi connectivity index (χ4n) is 2.38. The molecule has 3 rings (SSSR count). The molecule has 0 aromatic carbocycles. The van der Waals surface area contributed by atoms with E-state index in [4.69, 9.17) is 0 Å². The molecule has 2 N–H and O–H groups in total. The highest BCUT2D eigenvalue weighted by molar-refractivity contribution is 5.22. The first-order valence-corrected chi connectivity index (χ1v) is 7.47. The van der Waals surface area contributed by atoms with Crippen molar-refractivity contribution >= 4 is 0 Å². The van der Waals surface area contributed by atoms with Crippen molar-refractivity contribution in [3.05, 3.63) is 89.8 Å². The van der Waals surface area contributed by atoms with Crippen LogP contribution >= 0.6 is 0 Å². The Morgan fingerprint density at radius 2 is 1.57 bits per heavy atom. The predicted octanol–water partition coefficient (Wildman–Crippen LogP) is 2.24. The Kier molecular flexibility index (Phi) is 5.03. The Morgan fingerprint density at radius 1 is 0.870 bits per heavy atom. The lowest BCUT2D eigenvalue weighted by Crippen LogP contribution is -2.24. The second kappa shape index (κ2) is 7.58. The SMILES string of the molecule is OCc1ccnc(CNC(c2ccccn2)c2ccccn2)c1. The van der Waals surface area contributed by atoms with Gasteiger partial charge in [-0.05, 0) is 42.0 Å². The monoisotopic (exact) mass is 306 g/mol. The van der Waals surface area contributed by atoms with Crippen LogP contribution in [0.3, 0.4) is 0 Å². The topological polar surface area (TPSA) is 70.9 Å². The fraction of sp³-hybridized carbons (Fsp3) is 0.167. The first-order valence-electron chi connectivity index (χ1n) is 7.47. The maximum Gasteiger partial charge on any atom is 0.0928 e. The summed E-state index contributed by atoms with van der Waals surface area (Å²) in [5.41, 5.74) is 3.53. The number of nitrogens with one attached hydrogen (secondary N) is 1. The molecule has 0 aliphatic carbocycles. The third-order valence-electron chi connectivity index (χ3n) is 3.52. The van der Waals surface area contributed by atoms with Gasteiger partial charge in [0, 0.05) is 25.1 Å². The molecule has 0 unspecified atom stereocenters. The summed E-state index contributed by atoms with van der Waals surface area (Å²) in [6.07, 6.45) is 5.26. The maximum atomic E-state index is 9.23. The minimum Gasteiger partial charge on any atom is -0.392 e. The molecule has 0 fully saturated rings. The number of aliphatic hydroxyl groups is 1. The smallest absolute Gasteiger partial charge is 0.0928 e. The fourth-order valence-corrected chi connectivity index (χ4v) is 2.38. The number of nitrogens with zero attached hydrogens (tertiary/aromatic N) is 3. The Balaban J connectivity index is 1.82. The number of pyridine rings is 3. The predicted molar refractivity (Wildman–Crippen MR) is 87.3 cm³/mol. The average Bonchev–Trinajstić information content (AvgIpc) is 2.64. The zero-order valence-electron chi connectivity index (χ0n) is 12.6. The lowest BCUT2D eigenvalue weighted by Gasteiger charge is -2.17. The molecule has 3 heterocycles. The molecule has 0 bridgehead atoms. The lowest BCUT2D eigenvalue weighted by molar-refractivity contribution is 0.281. The quantitative estimate of drug-likeness (QED) is 0.731. The summed E-state index contributed by atoms with van der Waals surface area (Å²) in [5, 5.41) is 12.7. The van der Waals surface area contributed by atoms with Crippen molar-refractivity contribution in [1.29, 1.82) is 0 Å². The van der Waals surface area contributed by atoms with Crippen LogP contribution in [0.4, 0.5) is 0 Å². The first-order chi connectivity index (χ1) is 11.4. The molecule has 5 heteroatoms. The second-order valence-corrected chi connectivity index (χ2v) is 5.14. The normalized spacial score (nSPS) is 10.9. The zero-order chi connectivity index (χ0) is 15.9. The molecule has 0 saturated carbocycles. The highest BCUT2D eigenvalue weighted by atomic mass is 16.3. The molecular weight excluding hydrogens is 288 g/mol. The number of rotatable bonds is 6. The molecule has 0 aliphatic rings. The van der Waals surface area contributed by atoms with E-state index in [2.05, 4.69) is 20.3 Å². The van der Waals surface area contributed by atoms with Gasteiger partial charge in [-0.25, -0.2) is 0 Å².